The Balaban J connectivity index is 2.03. The third-order valence-electron chi connectivity index (χ3n) is 3.12. The number of hydrazine groups is 1. The summed E-state index contributed by atoms with van der Waals surface area (Å²) in [7, 11) is 0. The van der Waals surface area contributed by atoms with Crippen LogP contribution < -0.4 is 16.7 Å². The molecule has 4 N–H and O–H groups in total. The SMILES string of the molecule is NNC1=N[C@@H](c2ccccc2)C(c2ccccc2)=NN1. The molecule has 0 unspecified atom stereocenters. The Kier molecular flexibility index (Phi) is 3.43. The van der Waals surface area contributed by atoms with Gasteiger partial charge in [0.2, 0.25) is 5.96 Å². The fraction of sp³-hybridized carbons (Fsp3) is 0.0667. The first-order chi connectivity index (χ1) is 9.88. The first kappa shape index (κ1) is 12.4. The van der Waals surface area contributed by atoms with Crippen LogP contribution in [-0.4, -0.2) is 11.7 Å². The Hall–Kier alpha value is -2.66. The molecule has 20 heavy (non-hydrogen) atoms. The smallest absolute Gasteiger partial charge is 0.227 e. The second kappa shape index (κ2) is 5.54. The summed E-state index contributed by atoms with van der Waals surface area (Å²) in [6.45, 7) is 0. The Morgan fingerprint density at radius 2 is 1.60 bits per heavy atom. The molecule has 1 aliphatic heterocycles. The van der Waals surface area contributed by atoms with Crippen LogP contribution >= 0.6 is 0 Å². The Morgan fingerprint density at radius 3 is 2.25 bits per heavy atom. The van der Waals surface area contributed by atoms with Gasteiger partial charge in [0, 0.05) is 5.56 Å². The number of nitrogens with one attached hydrogen (secondary N) is 2. The van der Waals surface area contributed by atoms with Crippen molar-refractivity contribution >= 4 is 11.7 Å². The maximum absolute atomic E-state index is 5.42. The summed E-state index contributed by atoms with van der Waals surface area (Å²) in [4.78, 5) is 4.57. The van der Waals surface area contributed by atoms with Gasteiger partial charge in [-0.2, -0.15) is 5.10 Å². The van der Waals surface area contributed by atoms with Crippen LogP contribution in [0.15, 0.2) is 70.8 Å². The van der Waals surface area contributed by atoms with E-state index in [2.05, 4.69) is 20.9 Å². The topological polar surface area (TPSA) is 74.8 Å². The first-order valence-electron chi connectivity index (χ1n) is 6.37. The van der Waals surface area contributed by atoms with Gasteiger partial charge in [-0.15, -0.1) is 0 Å². The van der Waals surface area contributed by atoms with Crippen LogP contribution in [0.5, 0.6) is 0 Å². The average molecular weight is 265 g/mol. The molecular weight excluding hydrogens is 250 g/mol. The second-order valence-corrected chi connectivity index (χ2v) is 4.41. The van der Waals surface area contributed by atoms with Crippen molar-refractivity contribution in [2.24, 2.45) is 15.9 Å². The predicted molar refractivity (Wildman–Crippen MR) is 80.1 cm³/mol. The normalized spacial score (nSPS) is 17.8. The quantitative estimate of drug-likeness (QED) is 0.569. The van der Waals surface area contributed by atoms with Gasteiger partial charge in [0.15, 0.2) is 0 Å². The number of hydrazone groups is 1. The number of hydrogen-bond acceptors (Lipinski definition) is 5. The van der Waals surface area contributed by atoms with Gasteiger partial charge in [-0.25, -0.2) is 16.3 Å². The van der Waals surface area contributed by atoms with E-state index in [1.807, 2.05) is 60.7 Å². The fourth-order valence-corrected chi connectivity index (χ4v) is 2.16. The van der Waals surface area contributed by atoms with E-state index in [0.717, 1.165) is 16.8 Å². The lowest BCUT2D eigenvalue weighted by atomic mass is 9.97. The number of nitrogens with two attached hydrogens (primary N) is 1. The molecule has 0 aliphatic carbocycles. The van der Waals surface area contributed by atoms with Gasteiger partial charge in [0.05, 0.1) is 5.71 Å². The number of benzene rings is 2. The van der Waals surface area contributed by atoms with Crippen molar-refractivity contribution in [1.29, 1.82) is 0 Å². The zero-order chi connectivity index (χ0) is 13.8. The Bertz CT molecular complexity index is 634. The number of guanidine groups is 1. The fourth-order valence-electron chi connectivity index (χ4n) is 2.16. The van der Waals surface area contributed by atoms with Crippen molar-refractivity contribution in [3.8, 4) is 0 Å². The highest BCUT2D eigenvalue weighted by molar-refractivity contribution is 6.07. The zero-order valence-corrected chi connectivity index (χ0v) is 10.8. The van der Waals surface area contributed by atoms with Crippen molar-refractivity contribution < 1.29 is 0 Å². The molecule has 5 heteroatoms. The van der Waals surface area contributed by atoms with Crippen LogP contribution in [0.4, 0.5) is 0 Å². The van der Waals surface area contributed by atoms with E-state index in [1.54, 1.807) is 0 Å². The predicted octanol–water partition coefficient (Wildman–Crippen LogP) is 1.55. The van der Waals surface area contributed by atoms with Gasteiger partial charge in [-0.1, -0.05) is 60.7 Å². The van der Waals surface area contributed by atoms with Crippen LogP contribution in [-0.2, 0) is 0 Å². The van der Waals surface area contributed by atoms with Crippen LogP contribution in [0.3, 0.4) is 0 Å². The molecule has 0 fully saturated rings. The number of aliphatic imine (C=N–C) groups is 1. The molecule has 0 amide bonds. The van der Waals surface area contributed by atoms with Crippen molar-refractivity contribution in [3.05, 3.63) is 71.8 Å². The van der Waals surface area contributed by atoms with E-state index in [1.165, 1.54) is 0 Å². The molecule has 1 heterocycles. The summed E-state index contributed by atoms with van der Waals surface area (Å²) >= 11 is 0. The van der Waals surface area contributed by atoms with E-state index in [4.69, 9.17) is 5.84 Å². The van der Waals surface area contributed by atoms with Crippen LogP contribution in [0.1, 0.15) is 17.2 Å². The Labute approximate surface area is 117 Å². The number of nitrogens with zero attached hydrogens (tertiary/aromatic N) is 2. The molecule has 1 atom stereocenters. The summed E-state index contributed by atoms with van der Waals surface area (Å²) in [6, 6.07) is 19.9. The summed E-state index contributed by atoms with van der Waals surface area (Å²) < 4.78 is 0. The highest BCUT2D eigenvalue weighted by atomic mass is 15.5. The van der Waals surface area contributed by atoms with E-state index in [-0.39, 0.29) is 6.04 Å². The van der Waals surface area contributed by atoms with E-state index in [0.29, 0.717) is 5.96 Å². The van der Waals surface area contributed by atoms with Crippen LogP contribution in [0.2, 0.25) is 0 Å². The minimum absolute atomic E-state index is 0.175. The molecular formula is C15H15N5. The molecule has 0 aromatic heterocycles. The molecule has 0 spiro atoms. The Morgan fingerprint density at radius 1 is 0.950 bits per heavy atom. The van der Waals surface area contributed by atoms with Crippen LogP contribution in [0.25, 0.3) is 0 Å². The molecule has 0 bridgehead atoms. The summed E-state index contributed by atoms with van der Waals surface area (Å²) in [5.74, 6) is 5.87. The first-order valence-corrected chi connectivity index (χ1v) is 6.37. The van der Waals surface area contributed by atoms with Gasteiger partial charge < -0.3 is 0 Å². The molecule has 0 saturated heterocycles. The lowest BCUT2D eigenvalue weighted by Crippen LogP contribution is -2.43. The third-order valence-corrected chi connectivity index (χ3v) is 3.12. The van der Waals surface area contributed by atoms with Crippen LogP contribution in [0, 0.1) is 0 Å². The van der Waals surface area contributed by atoms with E-state index in [9.17, 15) is 0 Å². The summed E-state index contributed by atoms with van der Waals surface area (Å²) in [5, 5.41) is 4.40. The molecule has 1 aliphatic rings. The minimum atomic E-state index is -0.175. The monoisotopic (exact) mass is 265 g/mol. The molecule has 0 radical (unpaired) electrons. The molecule has 2 aromatic rings. The lowest BCUT2D eigenvalue weighted by molar-refractivity contribution is 0.803. The number of hydrogen-bond donors (Lipinski definition) is 3. The van der Waals surface area contributed by atoms with Gasteiger partial charge in [0.1, 0.15) is 6.04 Å². The van der Waals surface area contributed by atoms with Gasteiger partial charge in [-0.3, -0.25) is 5.43 Å². The highest BCUT2D eigenvalue weighted by Crippen LogP contribution is 2.24. The largest absolute Gasteiger partial charge is 0.293 e. The van der Waals surface area contributed by atoms with Gasteiger partial charge >= 0.3 is 0 Å². The van der Waals surface area contributed by atoms with Crippen molar-refractivity contribution in [2.75, 3.05) is 0 Å². The maximum atomic E-state index is 5.42. The van der Waals surface area contributed by atoms with E-state index < -0.39 is 0 Å². The number of rotatable bonds is 2. The zero-order valence-electron chi connectivity index (χ0n) is 10.8. The summed E-state index contributed by atoms with van der Waals surface area (Å²) in [6.07, 6.45) is 0. The third kappa shape index (κ3) is 2.39. The van der Waals surface area contributed by atoms with Gasteiger partial charge in [0.25, 0.3) is 0 Å². The minimum Gasteiger partial charge on any atom is -0.293 e. The summed E-state index contributed by atoms with van der Waals surface area (Å²) in [5.41, 5.74) is 8.31. The lowest BCUT2D eigenvalue weighted by Gasteiger charge is -2.22. The molecule has 100 valence electrons. The van der Waals surface area contributed by atoms with Crippen molar-refractivity contribution in [3.63, 3.8) is 0 Å². The second-order valence-electron chi connectivity index (χ2n) is 4.41. The average Bonchev–Trinajstić information content (AvgIpc) is 2.56. The van der Waals surface area contributed by atoms with Crippen molar-refractivity contribution in [1.82, 2.24) is 10.9 Å². The molecule has 5 nitrogen and oxygen atoms in total. The van der Waals surface area contributed by atoms with Gasteiger partial charge in [-0.05, 0) is 5.56 Å². The highest BCUT2D eigenvalue weighted by Gasteiger charge is 2.23. The maximum Gasteiger partial charge on any atom is 0.227 e. The standard InChI is InChI=1S/C15H15N5/c16-18-15-17-13(11-7-3-1-4-8-11)14(19-20-15)12-9-5-2-6-10-12/h1-10,13H,16H2,(H2,17,18,20)/t13-/m0/s1. The molecule has 3 rings (SSSR count). The molecule has 2 aromatic carbocycles. The molecule has 0 saturated carbocycles. The van der Waals surface area contributed by atoms with E-state index >= 15 is 0 Å². The van der Waals surface area contributed by atoms with Crippen molar-refractivity contribution in [2.45, 2.75) is 6.04 Å².